The smallest absolute Gasteiger partial charge is 0.303 e. The molecule has 0 unspecified atom stereocenters. The first-order valence-corrected chi connectivity index (χ1v) is 5.84. The molecule has 2 fully saturated rings. The number of rotatable bonds is 3. The third kappa shape index (κ3) is 1.94. The normalized spacial score (nSPS) is 35.2. The van der Waals surface area contributed by atoms with Crippen LogP contribution in [-0.2, 0) is 4.79 Å². The molecule has 0 aromatic rings. The van der Waals surface area contributed by atoms with Gasteiger partial charge >= 0.3 is 5.97 Å². The van der Waals surface area contributed by atoms with E-state index in [1.807, 2.05) is 0 Å². The van der Waals surface area contributed by atoms with Gasteiger partial charge in [0.15, 0.2) is 0 Å². The molecule has 2 aliphatic rings. The molecule has 0 aromatic carbocycles. The van der Waals surface area contributed by atoms with Crippen molar-refractivity contribution in [2.45, 2.75) is 51.9 Å². The van der Waals surface area contributed by atoms with Crippen molar-refractivity contribution < 1.29 is 9.90 Å². The highest BCUT2D eigenvalue weighted by molar-refractivity contribution is 5.68. The Labute approximate surface area is 85.7 Å². The summed E-state index contributed by atoms with van der Waals surface area (Å²) < 4.78 is 0. The standard InChI is InChI=1S/C12H20O2/c1-9-2-4-10(5-3-9)12(6-7-12)8-11(13)14/h9-10H,2-8H2,1H3,(H,13,14). The molecule has 0 radical (unpaired) electrons. The molecule has 2 nitrogen and oxygen atoms in total. The highest BCUT2D eigenvalue weighted by Crippen LogP contribution is 2.59. The Morgan fingerprint density at radius 3 is 2.29 bits per heavy atom. The van der Waals surface area contributed by atoms with Crippen LogP contribution >= 0.6 is 0 Å². The summed E-state index contributed by atoms with van der Waals surface area (Å²) in [4.78, 5) is 10.8. The van der Waals surface area contributed by atoms with Crippen molar-refractivity contribution >= 4 is 5.97 Å². The molecule has 2 heteroatoms. The van der Waals surface area contributed by atoms with Crippen LogP contribution in [0.4, 0.5) is 0 Å². The van der Waals surface area contributed by atoms with Gasteiger partial charge in [-0.25, -0.2) is 0 Å². The predicted octanol–water partition coefficient (Wildman–Crippen LogP) is 3.07. The summed E-state index contributed by atoms with van der Waals surface area (Å²) >= 11 is 0. The second-order valence-electron chi connectivity index (χ2n) is 5.39. The number of carboxylic acid groups (broad SMARTS) is 1. The van der Waals surface area contributed by atoms with E-state index in [4.69, 9.17) is 5.11 Å². The summed E-state index contributed by atoms with van der Waals surface area (Å²) in [6, 6.07) is 0. The number of hydrogen-bond donors (Lipinski definition) is 1. The number of carboxylic acids is 1. The Morgan fingerprint density at radius 2 is 1.86 bits per heavy atom. The summed E-state index contributed by atoms with van der Waals surface area (Å²) in [6.45, 7) is 2.31. The fraction of sp³-hybridized carbons (Fsp3) is 0.917. The Morgan fingerprint density at radius 1 is 1.29 bits per heavy atom. The van der Waals surface area contributed by atoms with E-state index < -0.39 is 5.97 Å². The summed E-state index contributed by atoms with van der Waals surface area (Å²) in [7, 11) is 0. The van der Waals surface area contributed by atoms with Gasteiger partial charge < -0.3 is 5.11 Å². The van der Waals surface area contributed by atoms with Crippen molar-refractivity contribution in [1.82, 2.24) is 0 Å². The van der Waals surface area contributed by atoms with Gasteiger partial charge in [0.1, 0.15) is 0 Å². The van der Waals surface area contributed by atoms with Gasteiger partial charge in [0, 0.05) is 0 Å². The van der Waals surface area contributed by atoms with Crippen molar-refractivity contribution in [3.8, 4) is 0 Å². The van der Waals surface area contributed by atoms with Gasteiger partial charge in [0.25, 0.3) is 0 Å². The largest absolute Gasteiger partial charge is 0.481 e. The third-order valence-electron chi connectivity index (χ3n) is 4.28. The highest BCUT2D eigenvalue weighted by Gasteiger charge is 2.50. The fourth-order valence-electron chi connectivity index (χ4n) is 3.06. The lowest BCUT2D eigenvalue weighted by atomic mass is 9.73. The van der Waals surface area contributed by atoms with Crippen molar-refractivity contribution in [3.63, 3.8) is 0 Å². The van der Waals surface area contributed by atoms with Crippen molar-refractivity contribution in [1.29, 1.82) is 0 Å². The van der Waals surface area contributed by atoms with Crippen molar-refractivity contribution in [2.75, 3.05) is 0 Å². The van der Waals surface area contributed by atoms with Gasteiger partial charge in [-0.2, -0.15) is 0 Å². The Balaban J connectivity index is 1.91. The van der Waals surface area contributed by atoms with E-state index in [0.29, 0.717) is 6.42 Å². The molecule has 0 aliphatic heterocycles. The minimum atomic E-state index is -0.596. The van der Waals surface area contributed by atoms with Crippen molar-refractivity contribution in [3.05, 3.63) is 0 Å². The third-order valence-corrected chi connectivity index (χ3v) is 4.28. The van der Waals surface area contributed by atoms with Gasteiger partial charge in [-0.15, -0.1) is 0 Å². The molecule has 1 N–H and O–H groups in total. The average molecular weight is 196 g/mol. The minimum Gasteiger partial charge on any atom is -0.481 e. The van der Waals surface area contributed by atoms with Crippen LogP contribution in [0.5, 0.6) is 0 Å². The molecular weight excluding hydrogens is 176 g/mol. The number of carbonyl (C=O) groups is 1. The van der Waals surface area contributed by atoms with Gasteiger partial charge in [-0.3, -0.25) is 4.79 Å². The lowest BCUT2D eigenvalue weighted by Crippen LogP contribution is -2.24. The Kier molecular flexibility index (Phi) is 2.54. The molecule has 0 saturated heterocycles. The lowest BCUT2D eigenvalue weighted by Gasteiger charge is -2.32. The monoisotopic (exact) mass is 196 g/mol. The summed E-state index contributed by atoms with van der Waals surface area (Å²) in [6.07, 6.45) is 7.92. The second kappa shape index (κ2) is 3.56. The molecule has 0 heterocycles. The zero-order chi connectivity index (χ0) is 10.2. The first kappa shape index (κ1) is 10.0. The van der Waals surface area contributed by atoms with Crippen LogP contribution in [0, 0.1) is 17.3 Å². The summed E-state index contributed by atoms with van der Waals surface area (Å²) in [5.41, 5.74) is 0.228. The molecule has 0 amide bonds. The quantitative estimate of drug-likeness (QED) is 0.753. The van der Waals surface area contributed by atoms with Crippen LogP contribution in [0.1, 0.15) is 51.9 Å². The van der Waals surface area contributed by atoms with E-state index in [9.17, 15) is 4.79 Å². The molecule has 14 heavy (non-hydrogen) atoms. The van der Waals surface area contributed by atoms with E-state index >= 15 is 0 Å². The molecule has 0 bridgehead atoms. The first-order valence-electron chi connectivity index (χ1n) is 5.84. The van der Waals surface area contributed by atoms with Crippen LogP contribution in [-0.4, -0.2) is 11.1 Å². The molecular formula is C12H20O2. The van der Waals surface area contributed by atoms with Crippen LogP contribution in [0.15, 0.2) is 0 Å². The molecule has 0 spiro atoms. The second-order valence-corrected chi connectivity index (χ2v) is 5.39. The molecule has 80 valence electrons. The van der Waals surface area contributed by atoms with Crippen LogP contribution in [0.2, 0.25) is 0 Å². The maximum absolute atomic E-state index is 10.8. The topological polar surface area (TPSA) is 37.3 Å². The van der Waals surface area contributed by atoms with E-state index in [2.05, 4.69) is 6.92 Å². The van der Waals surface area contributed by atoms with Crippen LogP contribution < -0.4 is 0 Å². The number of aliphatic carboxylic acids is 1. The van der Waals surface area contributed by atoms with Gasteiger partial charge in [0.2, 0.25) is 0 Å². The Bertz CT molecular complexity index is 222. The van der Waals surface area contributed by atoms with E-state index in [-0.39, 0.29) is 5.41 Å². The summed E-state index contributed by atoms with van der Waals surface area (Å²) in [5, 5.41) is 8.87. The zero-order valence-corrected chi connectivity index (χ0v) is 8.96. The minimum absolute atomic E-state index is 0.228. The van der Waals surface area contributed by atoms with Gasteiger partial charge in [-0.1, -0.05) is 19.8 Å². The lowest BCUT2D eigenvalue weighted by molar-refractivity contribution is -0.139. The van der Waals surface area contributed by atoms with Crippen LogP contribution in [0.25, 0.3) is 0 Å². The van der Waals surface area contributed by atoms with E-state index in [1.165, 1.54) is 38.5 Å². The maximum Gasteiger partial charge on any atom is 0.303 e. The zero-order valence-electron chi connectivity index (χ0n) is 8.96. The molecule has 0 atom stereocenters. The summed E-state index contributed by atoms with van der Waals surface area (Å²) in [5.74, 6) is 0.989. The first-order chi connectivity index (χ1) is 6.62. The SMILES string of the molecule is CC1CCC(C2(CC(=O)O)CC2)CC1. The van der Waals surface area contributed by atoms with Crippen molar-refractivity contribution in [2.24, 2.45) is 17.3 Å². The molecule has 0 aromatic heterocycles. The fourth-order valence-corrected chi connectivity index (χ4v) is 3.06. The van der Waals surface area contributed by atoms with E-state index in [0.717, 1.165) is 11.8 Å². The molecule has 2 aliphatic carbocycles. The highest BCUT2D eigenvalue weighted by atomic mass is 16.4. The van der Waals surface area contributed by atoms with Crippen LogP contribution in [0.3, 0.4) is 0 Å². The predicted molar refractivity (Wildman–Crippen MR) is 55.0 cm³/mol. The van der Waals surface area contributed by atoms with E-state index in [1.54, 1.807) is 0 Å². The Hall–Kier alpha value is -0.530. The average Bonchev–Trinajstić information content (AvgIpc) is 2.85. The maximum atomic E-state index is 10.8. The van der Waals surface area contributed by atoms with Gasteiger partial charge in [0.05, 0.1) is 6.42 Å². The molecule has 2 rings (SSSR count). The van der Waals surface area contributed by atoms with Gasteiger partial charge in [-0.05, 0) is 42.9 Å². The number of hydrogen-bond acceptors (Lipinski definition) is 1. The molecule has 2 saturated carbocycles.